The number of urea groups is 1. The zero-order chi connectivity index (χ0) is 14.5. The number of nitrogens with one attached hydrogen (secondary N) is 2. The van der Waals surface area contributed by atoms with E-state index in [-0.39, 0.29) is 12.1 Å². The van der Waals surface area contributed by atoms with Crippen molar-refractivity contribution in [2.24, 2.45) is 0 Å². The molecule has 0 radical (unpaired) electrons. The largest absolute Gasteiger partial charge is 0.379 e. The first-order valence-corrected chi connectivity index (χ1v) is 7.02. The van der Waals surface area contributed by atoms with E-state index in [1.54, 1.807) is 6.20 Å². The minimum atomic E-state index is -0.235. The summed E-state index contributed by atoms with van der Waals surface area (Å²) in [5.74, 6) is 0. The van der Waals surface area contributed by atoms with Gasteiger partial charge in [-0.3, -0.25) is 4.68 Å². The molecular formula is C15H18N4O2. The molecule has 1 atom stereocenters. The second kappa shape index (κ2) is 6.41. The minimum absolute atomic E-state index is 0.235. The van der Waals surface area contributed by atoms with Gasteiger partial charge in [-0.25, -0.2) is 4.79 Å². The third-order valence-electron chi connectivity index (χ3n) is 3.44. The first kappa shape index (κ1) is 13.6. The summed E-state index contributed by atoms with van der Waals surface area (Å²) in [5.41, 5.74) is 1.75. The summed E-state index contributed by atoms with van der Waals surface area (Å²) in [6.07, 6.45) is 4.45. The van der Waals surface area contributed by atoms with Crippen molar-refractivity contribution in [2.75, 3.05) is 18.5 Å². The van der Waals surface area contributed by atoms with Gasteiger partial charge in [-0.15, -0.1) is 0 Å². The SMILES string of the molecule is O=C(NCc1ccccc1)Nc1cnn([C@H]2CCOC2)c1. The van der Waals surface area contributed by atoms with Gasteiger partial charge in [0.2, 0.25) is 0 Å². The van der Waals surface area contributed by atoms with E-state index in [9.17, 15) is 4.79 Å². The highest BCUT2D eigenvalue weighted by Crippen LogP contribution is 2.19. The fraction of sp³-hybridized carbons (Fsp3) is 0.333. The fourth-order valence-electron chi connectivity index (χ4n) is 2.29. The highest BCUT2D eigenvalue weighted by molar-refractivity contribution is 5.88. The number of nitrogens with zero attached hydrogens (tertiary/aromatic N) is 2. The number of anilines is 1. The van der Waals surface area contributed by atoms with Gasteiger partial charge < -0.3 is 15.4 Å². The Morgan fingerprint density at radius 1 is 1.38 bits per heavy atom. The van der Waals surface area contributed by atoms with Crippen LogP contribution in [-0.2, 0) is 11.3 Å². The van der Waals surface area contributed by atoms with Crippen molar-refractivity contribution < 1.29 is 9.53 Å². The summed E-state index contributed by atoms with van der Waals surface area (Å²) in [6.45, 7) is 1.95. The highest BCUT2D eigenvalue weighted by atomic mass is 16.5. The number of carbonyl (C=O) groups is 1. The number of hydrogen-bond donors (Lipinski definition) is 2. The molecule has 0 saturated carbocycles. The van der Waals surface area contributed by atoms with E-state index in [1.165, 1.54) is 0 Å². The van der Waals surface area contributed by atoms with Crippen LogP contribution in [0.4, 0.5) is 10.5 Å². The Morgan fingerprint density at radius 3 is 3.00 bits per heavy atom. The van der Waals surface area contributed by atoms with Gasteiger partial charge in [0.15, 0.2) is 0 Å². The number of carbonyl (C=O) groups excluding carboxylic acids is 1. The lowest BCUT2D eigenvalue weighted by atomic mass is 10.2. The van der Waals surface area contributed by atoms with Gasteiger partial charge in [-0.05, 0) is 12.0 Å². The van der Waals surface area contributed by atoms with E-state index >= 15 is 0 Å². The van der Waals surface area contributed by atoms with Crippen LogP contribution in [0.2, 0.25) is 0 Å². The van der Waals surface area contributed by atoms with Gasteiger partial charge in [0.05, 0.1) is 24.5 Å². The standard InChI is InChI=1S/C15H18N4O2/c20-15(16-8-12-4-2-1-3-5-12)18-13-9-17-19(10-13)14-6-7-21-11-14/h1-5,9-10,14H,6-8,11H2,(H2,16,18,20)/t14-/m0/s1. The zero-order valence-electron chi connectivity index (χ0n) is 11.7. The first-order chi connectivity index (χ1) is 10.3. The Bertz CT molecular complexity index is 591. The molecule has 0 aliphatic carbocycles. The second-order valence-electron chi connectivity index (χ2n) is 5.02. The van der Waals surface area contributed by atoms with Crippen molar-refractivity contribution in [3.63, 3.8) is 0 Å². The van der Waals surface area contributed by atoms with Gasteiger partial charge in [-0.2, -0.15) is 5.10 Å². The molecule has 6 heteroatoms. The molecule has 1 fully saturated rings. The predicted octanol–water partition coefficient (Wildman–Crippen LogP) is 2.17. The molecule has 1 aromatic heterocycles. The summed E-state index contributed by atoms with van der Waals surface area (Å²) in [5, 5.41) is 9.86. The van der Waals surface area contributed by atoms with Gasteiger partial charge in [0.25, 0.3) is 0 Å². The van der Waals surface area contributed by atoms with E-state index in [0.717, 1.165) is 18.6 Å². The van der Waals surface area contributed by atoms with E-state index in [0.29, 0.717) is 18.8 Å². The number of benzene rings is 1. The average molecular weight is 286 g/mol. The first-order valence-electron chi connectivity index (χ1n) is 7.02. The summed E-state index contributed by atoms with van der Waals surface area (Å²) >= 11 is 0. The van der Waals surface area contributed by atoms with Crippen molar-refractivity contribution in [1.82, 2.24) is 15.1 Å². The Balaban J connectivity index is 1.50. The fourth-order valence-corrected chi connectivity index (χ4v) is 2.29. The maximum absolute atomic E-state index is 11.8. The quantitative estimate of drug-likeness (QED) is 0.905. The maximum Gasteiger partial charge on any atom is 0.319 e. The Labute approximate surface area is 123 Å². The number of amides is 2. The summed E-state index contributed by atoms with van der Waals surface area (Å²) < 4.78 is 7.18. The van der Waals surface area contributed by atoms with E-state index in [2.05, 4.69) is 15.7 Å². The maximum atomic E-state index is 11.8. The lowest BCUT2D eigenvalue weighted by Gasteiger charge is -2.07. The summed E-state index contributed by atoms with van der Waals surface area (Å²) in [4.78, 5) is 11.8. The van der Waals surface area contributed by atoms with Crippen molar-refractivity contribution in [3.05, 3.63) is 48.3 Å². The molecule has 2 amide bonds. The van der Waals surface area contributed by atoms with Crippen LogP contribution >= 0.6 is 0 Å². The van der Waals surface area contributed by atoms with E-state index in [1.807, 2.05) is 41.2 Å². The molecule has 1 saturated heterocycles. The van der Waals surface area contributed by atoms with Gasteiger partial charge in [0.1, 0.15) is 0 Å². The Kier molecular flexibility index (Phi) is 4.16. The molecular weight excluding hydrogens is 268 g/mol. The number of rotatable bonds is 4. The molecule has 1 aliphatic rings. The molecule has 2 N–H and O–H groups in total. The molecule has 2 heterocycles. The Morgan fingerprint density at radius 2 is 2.24 bits per heavy atom. The van der Waals surface area contributed by atoms with Gasteiger partial charge in [-0.1, -0.05) is 30.3 Å². The van der Waals surface area contributed by atoms with Crippen LogP contribution in [0.1, 0.15) is 18.0 Å². The van der Waals surface area contributed by atoms with E-state index in [4.69, 9.17) is 4.74 Å². The number of hydrogen-bond acceptors (Lipinski definition) is 3. The molecule has 6 nitrogen and oxygen atoms in total. The van der Waals surface area contributed by atoms with Crippen molar-refractivity contribution in [2.45, 2.75) is 19.0 Å². The number of ether oxygens (including phenoxy) is 1. The monoisotopic (exact) mass is 286 g/mol. The van der Waals surface area contributed by atoms with Crippen LogP contribution in [0.5, 0.6) is 0 Å². The average Bonchev–Trinajstić information content (AvgIpc) is 3.17. The zero-order valence-corrected chi connectivity index (χ0v) is 11.7. The van der Waals surface area contributed by atoms with Crippen LogP contribution in [0.25, 0.3) is 0 Å². The molecule has 1 aromatic carbocycles. The van der Waals surface area contributed by atoms with Crippen molar-refractivity contribution in [3.8, 4) is 0 Å². The third-order valence-corrected chi connectivity index (χ3v) is 3.44. The Hall–Kier alpha value is -2.34. The predicted molar refractivity (Wildman–Crippen MR) is 79.0 cm³/mol. The second-order valence-corrected chi connectivity index (χ2v) is 5.02. The molecule has 0 bridgehead atoms. The molecule has 110 valence electrons. The highest BCUT2D eigenvalue weighted by Gasteiger charge is 2.18. The smallest absolute Gasteiger partial charge is 0.319 e. The van der Waals surface area contributed by atoms with Crippen molar-refractivity contribution >= 4 is 11.7 Å². The van der Waals surface area contributed by atoms with Crippen LogP contribution in [0.3, 0.4) is 0 Å². The molecule has 0 spiro atoms. The summed E-state index contributed by atoms with van der Waals surface area (Å²) in [7, 11) is 0. The van der Waals surface area contributed by atoms with E-state index < -0.39 is 0 Å². The van der Waals surface area contributed by atoms with Gasteiger partial charge in [0, 0.05) is 19.3 Å². The molecule has 1 aliphatic heterocycles. The molecule has 0 unspecified atom stereocenters. The normalized spacial score (nSPS) is 17.6. The van der Waals surface area contributed by atoms with Crippen LogP contribution < -0.4 is 10.6 Å². The molecule has 2 aromatic rings. The number of aromatic nitrogens is 2. The topological polar surface area (TPSA) is 68.2 Å². The molecule has 21 heavy (non-hydrogen) atoms. The van der Waals surface area contributed by atoms with Crippen LogP contribution in [0, 0.1) is 0 Å². The minimum Gasteiger partial charge on any atom is -0.379 e. The molecule has 3 rings (SSSR count). The lowest BCUT2D eigenvalue weighted by Crippen LogP contribution is -2.28. The third kappa shape index (κ3) is 3.61. The lowest BCUT2D eigenvalue weighted by molar-refractivity contribution is 0.184. The van der Waals surface area contributed by atoms with Gasteiger partial charge >= 0.3 is 6.03 Å². The van der Waals surface area contributed by atoms with Crippen LogP contribution in [0.15, 0.2) is 42.7 Å². The summed E-state index contributed by atoms with van der Waals surface area (Å²) in [6, 6.07) is 9.82. The van der Waals surface area contributed by atoms with Crippen molar-refractivity contribution in [1.29, 1.82) is 0 Å². The van der Waals surface area contributed by atoms with Crippen LogP contribution in [-0.4, -0.2) is 29.0 Å².